The number of carbonyl (C=O) groups excluding carboxylic acids is 1. The van der Waals surface area contributed by atoms with Crippen LogP contribution in [0.2, 0.25) is 0 Å². The lowest BCUT2D eigenvalue weighted by molar-refractivity contribution is -0.135. The molecule has 0 atom stereocenters. The van der Waals surface area contributed by atoms with Crippen molar-refractivity contribution in [2.24, 2.45) is 0 Å². The third kappa shape index (κ3) is 3.44. The third-order valence-corrected chi connectivity index (χ3v) is 5.44. The van der Waals surface area contributed by atoms with Crippen LogP contribution in [-0.2, 0) is 19.4 Å². The van der Waals surface area contributed by atoms with Crippen molar-refractivity contribution in [2.75, 3.05) is 12.9 Å². The van der Waals surface area contributed by atoms with Crippen LogP contribution in [0.5, 0.6) is 0 Å². The molecule has 0 N–H and O–H groups in total. The van der Waals surface area contributed by atoms with E-state index in [2.05, 4.69) is 15.9 Å². The van der Waals surface area contributed by atoms with Gasteiger partial charge in [-0.05, 0) is 41.0 Å². The maximum atomic E-state index is 12.1. The normalized spacial score (nSPS) is 16.8. The summed E-state index contributed by atoms with van der Waals surface area (Å²) in [5.41, 5.74) is 3.05. The van der Waals surface area contributed by atoms with E-state index in [1.54, 1.807) is 24.3 Å². The second-order valence-electron chi connectivity index (χ2n) is 5.55. The van der Waals surface area contributed by atoms with E-state index in [1.165, 1.54) is 6.26 Å². The standard InChI is InChI=1S/C18H15BrO4S/c1-24(21,22)15-7-5-12(6-8-15)17(16-9-10-23-18(16)20)13-3-2-4-14(19)11-13/h2-8,11H,9-10H2,1H3. The molecule has 0 spiro atoms. The summed E-state index contributed by atoms with van der Waals surface area (Å²) >= 11 is 3.45. The predicted molar refractivity (Wildman–Crippen MR) is 95.3 cm³/mol. The molecule has 0 unspecified atom stereocenters. The number of carbonyl (C=O) groups is 1. The van der Waals surface area contributed by atoms with Gasteiger partial charge in [0, 0.05) is 22.7 Å². The zero-order chi connectivity index (χ0) is 17.3. The molecular formula is C18H15BrO4S. The molecule has 0 aromatic heterocycles. The van der Waals surface area contributed by atoms with Crippen LogP contribution < -0.4 is 0 Å². The van der Waals surface area contributed by atoms with Gasteiger partial charge in [0.05, 0.1) is 11.5 Å². The van der Waals surface area contributed by atoms with Crippen LogP contribution in [0.25, 0.3) is 5.57 Å². The van der Waals surface area contributed by atoms with E-state index < -0.39 is 9.84 Å². The summed E-state index contributed by atoms with van der Waals surface area (Å²) in [5.74, 6) is -0.322. The van der Waals surface area contributed by atoms with Crippen LogP contribution in [0.1, 0.15) is 17.5 Å². The minimum atomic E-state index is -3.26. The van der Waals surface area contributed by atoms with Gasteiger partial charge in [-0.25, -0.2) is 13.2 Å². The summed E-state index contributed by atoms with van der Waals surface area (Å²) in [6.07, 6.45) is 1.71. The monoisotopic (exact) mass is 406 g/mol. The molecule has 0 aliphatic carbocycles. The van der Waals surface area contributed by atoms with E-state index in [0.29, 0.717) is 18.6 Å². The van der Waals surface area contributed by atoms with Gasteiger partial charge >= 0.3 is 5.97 Å². The quantitative estimate of drug-likeness (QED) is 0.576. The van der Waals surface area contributed by atoms with Gasteiger partial charge in [0.2, 0.25) is 0 Å². The molecule has 6 heteroatoms. The number of sulfone groups is 1. The van der Waals surface area contributed by atoms with Crippen molar-refractivity contribution in [3.63, 3.8) is 0 Å². The van der Waals surface area contributed by atoms with Gasteiger partial charge in [0.25, 0.3) is 0 Å². The summed E-state index contributed by atoms with van der Waals surface area (Å²) in [6.45, 7) is 0.368. The van der Waals surface area contributed by atoms with E-state index in [0.717, 1.165) is 21.2 Å². The Balaban J connectivity index is 2.18. The van der Waals surface area contributed by atoms with Crippen LogP contribution in [-0.4, -0.2) is 27.2 Å². The fourth-order valence-electron chi connectivity index (χ4n) is 2.69. The number of benzene rings is 2. The molecule has 0 saturated carbocycles. The molecule has 1 aliphatic heterocycles. The second-order valence-corrected chi connectivity index (χ2v) is 8.48. The first-order valence-corrected chi connectivity index (χ1v) is 10.0. The number of esters is 1. The summed E-state index contributed by atoms with van der Waals surface area (Å²) in [4.78, 5) is 12.3. The van der Waals surface area contributed by atoms with E-state index in [1.807, 2.05) is 24.3 Å². The number of halogens is 1. The van der Waals surface area contributed by atoms with Crippen LogP contribution in [0, 0.1) is 0 Å². The molecule has 1 heterocycles. The van der Waals surface area contributed by atoms with E-state index in [4.69, 9.17) is 4.74 Å². The Hall–Kier alpha value is -1.92. The number of ether oxygens (including phenoxy) is 1. The minimum Gasteiger partial charge on any atom is -0.462 e. The van der Waals surface area contributed by atoms with Gasteiger partial charge in [-0.15, -0.1) is 0 Å². The second kappa shape index (κ2) is 6.53. The molecular weight excluding hydrogens is 392 g/mol. The van der Waals surface area contributed by atoms with Crippen molar-refractivity contribution >= 4 is 37.3 Å². The van der Waals surface area contributed by atoms with Crippen LogP contribution in [0.3, 0.4) is 0 Å². The van der Waals surface area contributed by atoms with E-state index in [9.17, 15) is 13.2 Å². The van der Waals surface area contributed by atoms with Crippen LogP contribution >= 0.6 is 15.9 Å². The molecule has 2 aromatic rings. The molecule has 3 rings (SSSR count). The van der Waals surface area contributed by atoms with Crippen molar-refractivity contribution in [1.82, 2.24) is 0 Å². The van der Waals surface area contributed by atoms with Gasteiger partial charge < -0.3 is 4.74 Å². The fourth-order valence-corrected chi connectivity index (χ4v) is 3.72. The molecule has 4 nitrogen and oxygen atoms in total. The summed E-state index contributed by atoms with van der Waals surface area (Å²) in [5, 5.41) is 0. The predicted octanol–water partition coefficient (Wildman–Crippen LogP) is 3.60. The molecule has 2 aromatic carbocycles. The number of hydrogen-bond acceptors (Lipinski definition) is 4. The SMILES string of the molecule is CS(=O)(=O)c1ccc(C(=C2CCOC2=O)c2cccc(Br)c2)cc1. The van der Waals surface area contributed by atoms with Crippen molar-refractivity contribution in [3.05, 3.63) is 69.7 Å². The maximum absolute atomic E-state index is 12.1. The Bertz CT molecular complexity index is 928. The van der Waals surface area contributed by atoms with Gasteiger partial charge in [-0.3, -0.25) is 0 Å². The van der Waals surface area contributed by atoms with Gasteiger partial charge in [-0.1, -0.05) is 40.2 Å². The number of hydrogen-bond donors (Lipinski definition) is 0. The van der Waals surface area contributed by atoms with E-state index in [-0.39, 0.29) is 10.9 Å². The first-order chi connectivity index (χ1) is 11.4. The molecule has 1 fully saturated rings. The molecule has 0 amide bonds. The van der Waals surface area contributed by atoms with Crippen molar-refractivity contribution in [1.29, 1.82) is 0 Å². The number of rotatable bonds is 3. The number of cyclic esters (lactones) is 1. The largest absolute Gasteiger partial charge is 0.462 e. The Morgan fingerprint density at radius 2 is 1.79 bits per heavy atom. The molecule has 24 heavy (non-hydrogen) atoms. The molecule has 0 bridgehead atoms. The average Bonchev–Trinajstić information content (AvgIpc) is 2.93. The van der Waals surface area contributed by atoms with Crippen molar-refractivity contribution < 1.29 is 17.9 Å². The van der Waals surface area contributed by atoms with Gasteiger partial charge in [-0.2, -0.15) is 0 Å². The van der Waals surface area contributed by atoms with Gasteiger partial charge in [0.15, 0.2) is 9.84 Å². The highest BCUT2D eigenvalue weighted by Gasteiger charge is 2.25. The lowest BCUT2D eigenvalue weighted by Crippen LogP contribution is -2.02. The molecule has 1 aliphatic rings. The maximum Gasteiger partial charge on any atom is 0.334 e. The Labute approximate surface area is 149 Å². The summed E-state index contributed by atoms with van der Waals surface area (Å²) in [6, 6.07) is 14.2. The Kier molecular flexibility index (Phi) is 4.60. The lowest BCUT2D eigenvalue weighted by atomic mass is 9.92. The smallest absolute Gasteiger partial charge is 0.334 e. The highest BCUT2D eigenvalue weighted by atomic mass is 79.9. The van der Waals surface area contributed by atoms with Gasteiger partial charge in [0.1, 0.15) is 0 Å². The van der Waals surface area contributed by atoms with E-state index >= 15 is 0 Å². The highest BCUT2D eigenvalue weighted by Crippen LogP contribution is 2.33. The zero-order valence-corrected chi connectivity index (χ0v) is 15.4. The summed E-state index contributed by atoms with van der Waals surface area (Å²) < 4.78 is 29.3. The zero-order valence-electron chi connectivity index (χ0n) is 13.0. The third-order valence-electron chi connectivity index (χ3n) is 3.82. The highest BCUT2D eigenvalue weighted by molar-refractivity contribution is 9.10. The first-order valence-electron chi connectivity index (χ1n) is 7.33. The molecule has 0 radical (unpaired) electrons. The first kappa shape index (κ1) is 16.9. The molecule has 124 valence electrons. The average molecular weight is 407 g/mol. The molecule has 1 saturated heterocycles. The summed E-state index contributed by atoms with van der Waals surface area (Å²) in [7, 11) is -3.26. The topological polar surface area (TPSA) is 60.4 Å². The van der Waals surface area contributed by atoms with Crippen LogP contribution in [0.15, 0.2) is 63.5 Å². The lowest BCUT2D eigenvalue weighted by Gasteiger charge is -2.12. The Morgan fingerprint density at radius 3 is 2.33 bits per heavy atom. The fraction of sp³-hybridized carbons (Fsp3) is 0.167. The van der Waals surface area contributed by atoms with Crippen LogP contribution in [0.4, 0.5) is 0 Å². The van der Waals surface area contributed by atoms with Crippen molar-refractivity contribution in [3.8, 4) is 0 Å². The Morgan fingerprint density at radius 1 is 1.08 bits per heavy atom. The minimum absolute atomic E-state index is 0.249. The van der Waals surface area contributed by atoms with Crippen molar-refractivity contribution in [2.45, 2.75) is 11.3 Å².